The van der Waals surface area contributed by atoms with Crippen LogP contribution in [0.4, 0.5) is 14.5 Å². The molecule has 1 aromatic rings. The molecule has 0 radical (unpaired) electrons. The lowest BCUT2D eigenvalue weighted by molar-refractivity contribution is -0.386. The number of halogens is 2. The Hall–Kier alpha value is -1.76. The Morgan fingerprint density at radius 3 is 2.61 bits per heavy atom. The Morgan fingerprint density at radius 2 is 2.11 bits per heavy atom. The third-order valence-corrected chi connectivity index (χ3v) is 2.58. The van der Waals surface area contributed by atoms with Crippen LogP contribution in [0.5, 0.6) is 5.75 Å². The van der Waals surface area contributed by atoms with E-state index in [0.717, 1.165) is 6.07 Å². The monoisotopic (exact) mass is 260 g/mol. The van der Waals surface area contributed by atoms with Crippen molar-refractivity contribution >= 4 is 5.69 Å². The van der Waals surface area contributed by atoms with E-state index in [9.17, 15) is 18.9 Å². The second kappa shape index (κ2) is 5.26. The highest BCUT2D eigenvalue weighted by Crippen LogP contribution is 2.32. The number of nitrogens with two attached hydrogens (primary N) is 1. The van der Waals surface area contributed by atoms with Crippen LogP contribution in [0.25, 0.3) is 0 Å². The molecular formula is C11H14F2N2O3. The number of nitro benzene ring substituents is 1. The van der Waals surface area contributed by atoms with E-state index in [1.165, 1.54) is 0 Å². The lowest BCUT2D eigenvalue weighted by atomic mass is 10.0. The van der Waals surface area contributed by atoms with E-state index in [1.54, 1.807) is 13.8 Å². The molecule has 0 heterocycles. The molecule has 0 fully saturated rings. The van der Waals surface area contributed by atoms with E-state index in [2.05, 4.69) is 0 Å². The van der Waals surface area contributed by atoms with Gasteiger partial charge in [0.25, 0.3) is 0 Å². The summed E-state index contributed by atoms with van der Waals surface area (Å²) in [6, 6.07) is 1.54. The van der Waals surface area contributed by atoms with Crippen molar-refractivity contribution < 1.29 is 18.4 Å². The third kappa shape index (κ3) is 3.13. The van der Waals surface area contributed by atoms with E-state index in [0.29, 0.717) is 12.5 Å². The minimum absolute atomic E-state index is 0.148. The van der Waals surface area contributed by atoms with Crippen LogP contribution < -0.4 is 10.5 Å². The molecule has 18 heavy (non-hydrogen) atoms. The molecule has 0 aliphatic heterocycles. The van der Waals surface area contributed by atoms with Gasteiger partial charge in [-0.05, 0) is 19.4 Å². The lowest BCUT2D eigenvalue weighted by Gasteiger charge is -2.22. The summed E-state index contributed by atoms with van der Waals surface area (Å²) in [5.74, 6) is -3.30. The summed E-state index contributed by atoms with van der Waals surface area (Å²) >= 11 is 0. The summed E-state index contributed by atoms with van der Waals surface area (Å²) in [4.78, 5) is 9.85. The van der Waals surface area contributed by atoms with Crippen molar-refractivity contribution in [1.29, 1.82) is 0 Å². The number of nitro groups is 1. The first-order valence-corrected chi connectivity index (χ1v) is 5.32. The van der Waals surface area contributed by atoms with Gasteiger partial charge in [0.1, 0.15) is 6.61 Å². The molecule has 0 bridgehead atoms. The topological polar surface area (TPSA) is 78.4 Å². The Labute approximate surface area is 103 Å². The molecule has 0 aliphatic rings. The minimum Gasteiger partial charge on any atom is -0.483 e. The van der Waals surface area contributed by atoms with Crippen LogP contribution in [-0.2, 0) is 0 Å². The van der Waals surface area contributed by atoms with Crippen LogP contribution in [-0.4, -0.2) is 17.1 Å². The minimum atomic E-state index is -1.38. The number of benzene rings is 1. The van der Waals surface area contributed by atoms with Gasteiger partial charge in [-0.2, -0.15) is 4.39 Å². The van der Waals surface area contributed by atoms with Crippen molar-refractivity contribution in [3.63, 3.8) is 0 Å². The summed E-state index contributed by atoms with van der Waals surface area (Å²) < 4.78 is 31.5. The summed E-state index contributed by atoms with van der Waals surface area (Å²) in [6.45, 7) is 3.29. The predicted molar refractivity (Wildman–Crippen MR) is 61.4 cm³/mol. The normalized spacial score (nSPS) is 14.1. The van der Waals surface area contributed by atoms with E-state index < -0.39 is 33.5 Å². The molecule has 100 valence electrons. The van der Waals surface area contributed by atoms with Crippen molar-refractivity contribution in [1.82, 2.24) is 0 Å². The fourth-order valence-electron chi connectivity index (χ4n) is 1.14. The van der Waals surface area contributed by atoms with Gasteiger partial charge in [0.05, 0.1) is 4.92 Å². The molecule has 0 saturated carbocycles. The van der Waals surface area contributed by atoms with Gasteiger partial charge in [-0.1, -0.05) is 6.92 Å². The van der Waals surface area contributed by atoms with E-state index in [1.807, 2.05) is 0 Å². The molecule has 1 rings (SSSR count). The zero-order valence-corrected chi connectivity index (χ0v) is 10.1. The smallest absolute Gasteiger partial charge is 0.314 e. The van der Waals surface area contributed by atoms with Crippen LogP contribution in [0.1, 0.15) is 20.3 Å². The lowest BCUT2D eigenvalue weighted by Crippen LogP contribution is -2.41. The summed E-state index contributed by atoms with van der Waals surface area (Å²) in [6.07, 6.45) is 0.526. The van der Waals surface area contributed by atoms with Gasteiger partial charge in [0.15, 0.2) is 5.82 Å². The quantitative estimate of drug-likeness (QED) is 0.651. The van der Waals surface area contributed by atoms with E-state index >= 15 is 0 Å². The number of hydrogen-bond acceptors (Lipinski definition) is 4. The highest BCUT2D eigenvalue weighted by Gasteiger charge is 2.26. The van der Waals surface area contributed by atoms with Gasteiger partial charge < -0.3 is 10.5 Å². The van der Waals surface area contributed by atoms with Crippen molar-refractivity contribution in [2.75, 3.05) is 6.61 Å². The largest absolute Gasteiger partial charge is 0.483 e. The average molecular weight is 260 g/mol. The Balaban J connectivity index is 3.06. The molecule has 5 nitrogen and oxygen atoms in total. The zero-order valence-electron chi connectivity index (χ0n) is 10.1. The summed E-state index contributed by atoms with van der Waals surface area (Å²) in [5, 5.41) is 10.7. The van der Waals surface area contributed by atoms with Gasteiger partial charge >= 0.3 is 5.69 Å². The molecule has 0 aromatic heterocycles. The first kappa shape index (κ1) is 14.3. The second-order valence-corrected chi connectivity index (χ2v) is 4.26. The van der Waals surface area contributed by atoms with Crippen molar-refractivity contribution in [3.05, 3.63) is 33.9 Å². The molecule has 1 atom stereocenters. The average Bonchev–Trinajstić information content (AvgIpc) is 2.30. The van der Waals surface area contributed by atoms with Crippen LogP contribution in [0.3, 0.4) is 0 Å². The molecule has 0 saturated heterocycles. The Kier molecular flexibility index (Phi) is 4.18. The number of ether oxygens (including phenoxy) is 1. The molecule has 0 amide bonds. The first-order chi connectivity index (χ1) is 8.28. The van der Waals surface area contributed by atoms with Crippen LogP contribution in [0.2, 0.25) is 0 Å². The highest BCUT2D eigenvalue weighted by atomic mass is 19.2. The first-order valence-electron chi connectivity index (χ1n) is 5.32. The van der Waals surface area contributed by atoms with Crippen molar-refractivity contribution in [3.8, 4) is 5.75 Å². The van der Waals surface area contributed by atoms with E-state index in [-0.39, 0.29) is 6.61 Å². The van der Waals surface area contributed by atoms with E-state index in [4.69, 9.17) is 10.5 Å². The summed E-state index contributed by atoms with van der Waals surface area (Å²) in [7, 11) is 0. The zero-order chi connectivity index (χ0) is 13.9. The second-order valence-electron chi connectivity index (χ2n) is 4.26. The standard InChI is InChI=1S/C11H14F2N2O3/c1-3-11(2,14)6-18-10-8(15(16)17)5-4-7(12)9(10)13/h4-5H,3,6,14H2,1-2H3. The number of hydrogen-bond donors (Lipinski definition) is 1. The molecule has 0 aliphatic carbocycles. The Morgan fingerprint density at radius 1 is 1.50 bits per heavy atom. The van der Waals surface area contributed by atoms with Gasteiger partial charge in [-0.3, -0.25) is 10.1 Å². The molecule has 1 aromatic carbocycles. The van der Waals surface area contributed by atoms with Gasteiger partial charge in [0, 0.05) is 11.6 Å². The SMILES string of the molecule is CCC(C)(N)COc1c([N+](=O)[O-])ccc(F)c1F. The van der Waals surface area contributed by atoms with Crippen molar-refractivity contribution in [2.24, 2.45) is 5.73 Å². The molecule has 0 spiro atoms. The number of rotatable bonds is 5. The van der Waals surface area contributed by atoms with Crippen LogP contribution in [0, 0.1) is 21.7 Å². The summed E-state index contributed by atoms with van der Waals surface area (Å²) in [5.41, 5.74) is 4.37. The van der Waals surface area contributed by atoms with Crippen LogP contribution >= 0.6 is 0 Å². The number of nitrogens with zero attached hydrogens (tertiary/aromatic N) is 1. The van der Waals surface area contributed by atoms with Gasteiger partial charge in [-0.15, -0.1) is 0 Å². The maximum Gasteiger partial charge on any atom is 0.314 e. The Bertz CT molecular complexity index is 464. The van der Waals surface area contributed by atoms with Gasteiger partial charge in [0.2, 0.25) is 11.6 Å². The third-order valence-electron chi connectivity index (χ3n) is 2.58. The van der Waals surface area contributed by atoms with Gasteiger partial charge in [-0.25, -0.2) is 4.39 Å². The maximum atomic E-state index is 13.5. The molecule has 1 unspecified atom stereocenters. The van der Waals surface area contributed by atoms with Crippen LogP contribution in [0.15, 0.2) is 12.1 Å². The highest BCUT2D eigenvalue weighted by molar-refractivity contribution is 5.47. The maximum absolute atomic E-state index is 13.5. The fraction of sp³-hybridized carbons (Fsp3) is 0.455. The molecule has 2 N–H and O–H groups in total. The molecular weight excluding hydrogens is 246 g/mol. The predicted octanol–water partition coefficient (Wildman–Crippen LogP) is 2.38. The van der Waals surface area contributed by atoms with Crippen molar-refractivity contribution in [2.45, 2.75) is 25.8 Å². The molecule has 7 heteroatoms. The fourth-order valence-corrected chi connectivity index (χ4v) is 1.14.